The Hall–Kier alpha value is -2.35. The molecule has 1 aromatic heterocycles. The summed E-state index contributed by atoms with van der Waals surface area (Å²) in [5.41, 5.74) is 7.57. The number of rotatable bonds is 1. The van der Waals surface area contributed by atoms with Gasteiger partial charge < -0.3 is 0 Å². The quantitative estimate of drug-likeness (QED) is 0.644. The van der Waals surface area contributed by atoms with Crippen molar-refractivity contribution in [2.45, 2.75) is 19.9 Å². The van der Waals surface area contributed by atoms with Crippen LogP contribution in [0.15, 0.2) is 54.6 Å². The molecule has 1 aliphatic rings. The zero-order chi connectivity index (χ0) is 13.5. The monoisotopic (exact) mass is 260 g/mol. The molecule has 0 atom stereocenters. The molecule has 0 saturated heterocycles. The second kappa shape index (κ2) is 4.34. The Morgan fingerprint density at radius 2 is 1.70 bits per heavy atom. The van der Waals surface area contributed by atoms with Crippen LogP contribution in [0.25, 0.3) is 22.5 Å². The third kappa shape index (κ3) is 1.68. The normalized spacial score (nSPS) is 12.8. The SMILES string of the molecule is Cc1ccccc1-c1cc2n(n1)CCc1ccccc1-2. The standard InChI is InChI=1S/C18H16N2/c1-13-6-2-4-8-15(13)17-12-18-16-9-5-3-7-14(16)10-11-20(18)19-17/h2-9,12H,10-11H2,1H3. The lowest BCUT2D eigenvalue weighted by Gasteiger charge is -2.17. The number of aromatic nitrogens is 2. The Morgan fingerprint density at radius 3 is 2.55 bits per heavy atom. The highest BCUT2D eigenvalue weighted by Gasteiger charge is 2.18. The van der Waals surface area contributed by atoms with Gasteiger partial charge in [0.2, 0.25) is 0 Å². The molecule has 0 radical (unpaired) electrons. The van der Waals surface area contributed by atoms with Crippen LogP contribution in [0.3, 0.4) is 0 Å². The number of nitrogens with zero attached hydrogens (tertiary/aromatic N) is 2. The van der Waals surface area contributed by atoms with Crippen molar-refractivity contribution in [2.24, 2.45) is 0 Å². The van der Waals surface area contributed by atoms with Gasteiger partial charge in [0.15, 0.2) is 0 Å². The summed E-state index contributed by atoms with van der Waals surface area (Å²) >= 11 is 0. The summed E-state index contributed by atoms with van der Waals surface area (Å²) in [6, 6.07) is 19.3. The molecule has 0 N–H and O–H groups in total. The van der Waals surface area contributed by atoms with E-state index >= 15 is 0 Å². The lowest BCUT2D eigenvalue weighted by atomic mass is 9.98. The number of hydrogen-bond donors (Lipinski definition) is 0. The Kier molecular flexibility index (Phi) is 2.49. The smallest absolute Gasteiger partial charge is 0.0932 e. The maximum Gasteiger partial charge on any atom is 0.0932 e. The summed E-state index contributed by atoms with van der Waals surface area (Å²) in [6.07, 6.45) is 1.07. The van der Waals surface area contributed by atoms with Crippen LogP contribution in [-0.4, -0.2) is 9.78 Å². The Bertz CT molecular complexity index is 784. The second-order valence-corrected chi connectivity index (χ2v) is 5.36. The summed E-state index contributed by atoms with van der Waals surface area (Å²) < 4.78 is 2.14. The third-order valence-corrected chi connectivity index (χ3v) is 4.09. The van der Waals surface area contributed by atoms with E-state index in [-0.39, 0.29) is 0 Å². The summed E-state index contributed by atoms with van der Waals surface area (Å²) in [5, 5.41) is 4.80. The first-order chi connectivity index (χ1) is 9.83. The van der Waals surface area contributed by atoms with Crippen LogP contribution >= 0.6 is 0 Å². The molecule has 0 amide bonds. The Balaban J connectivity index is 1.89. The molecule has 3 aromatic rings. The average Bonchev–Trinajstić information content (AvgIpc) is 2.92. The van der Waals surface area contributed by atoms with Gasteiger partial charge in [0, 0.05) is 17.7 Å². The molecule has 0 aliphatic carbocycles. The van der Waals surface area contributed by atoms with Crippen LogP contribution in [0.2, 0.25) is 0 Å². The first-order valence-corrected chi connectivity index (χ1v) is 7.05. The maximum absolute atomic E-state index is 4.80. The summed E-state index contributed by atoms with van der Waals surface area (Å²) in [6.45, 7) is 3.11. The van der Waals surface area contributed by atoms with E-state index in [1.807, 2.05) is 0 Å². The molecule has 2 nitrogen and oxygen atoms in total. The van der Waals surface area contributed by atoms with Gasteiger partial charge in [-0.2, -0.15) is 5.10 Å². The minimum atomic E-state index is 0.970. The van der Waals surface area contributed by atoms with Gasteiger partial charge in [0.05, 0.1) is 11.4 Å². The lowest BCUT2D eigenvalue weighted by molar-refractivity contribution is 0.609. The molecule has 0 fully saturated rings. The number of aryl methyl sites for hydroxylation is 3. The van der Waals surface area contributed by atoms with Crippen LogP contribution in [0, 0.1) is 6.92 Å². The van der Waals surface area contributed by atoms with E-state index in [9.17, 15) is 0 Å². The number of benzene rings is 2. The molecular formula is C18H16N2. The molecule has 0 unspecified atom stereocenters. The van der Waals surface area contributed by atoms with Crippen molar-refractivity contribution in [1.29, 1.82) is 0 Å². The van der Waals surface area contributed by atoms with Gasteiger partial charge >= 0.3 is 0 Å². The van der Waals surface area contributed by atoms with E-state index in [0.29, 0.717) is 0 Å². The van der Waals surface area contributed by atoms with Crippen molar-refractivity contribution in [2.75, 3.05) is 0 Å². The summed E-state index contributed by atoms with van der Waals surface area (Å²) in [4.78, 5) is 0. The summed E-state index contributed by atoms with van der Waals surface area (Å²) in [7, 11) is 0. The van der Waals surface area contributed by atoms with E-state index in [1.165, 1.54) is 27.9 Å². The molecule has 1 aliphatic heterocycles. The first kappa shape index (κ1) is 11.5. The van der Waals surface area contributed by atoms with Crippen molar-refractivity contribution < 1.29 is 0 Å². The van der Waals surface area contributed by atoms with E-state index in [1.54, 1.807) is 0 Å². The molecule has 0 saturated carbocycles. The van der Waals surface area contributed by atoms with Gasteiger partial charge in [0.1, 0.15) is 0 Å². The van der Waals surface area contributed by atoms with Crippen molar-refractivity contribution in [3.63, 3.8) is 0 Å². The topological polar surface area (TPSA) is 17.8 Å². The molecule has 98 valence electrons. The van der Waals surface area contributed by atoms with Crippen LogP contribution in [0.4, 0.5) is 0 Å². The van der Waals surface area contributed by atoms with Gasteiger partial charge in [0.25, 0.3) is 0 Å². The Morgan fingerprint density at radius 1 is 0.950 bits per heavy atom. The molecule has 20 heavy (non-hydrogen) atoms. The second-order valence-electron chi connectivity index (χ2n) is 5.36. The lowest BCUT2D eigenvalue weighted by Crippen LogP contribution is -2.11. The third-order valence-electron chi connectivity index (χ3n) is 4.09. The molecular weight excluding hydrogens is 244 g/mol. The fraction of sp³-hybridized carbons (Fsp3) is 0.167. The molecule has 0 bridgehead atoms. The first-order valence-electron chi connectivity index (χ1n) is 7.05. The maximum atomic E-state index is 4.80. The van der Waals surface area contributed by atoms with E-state index < -0.39 is 0 Å². The van der Waals surface area contributed by atoms with Gasteiger partial charge in [-0.05, 0) is 30.5 Å². The predicted octanol–water partition coefficient (Wildman–Crippen LogP) is 4.08. The zero-order valence-corrected chi connectivity index (χ0v) is 11.5. The van der Waals surface area contributed by atoms with E-state index in [0.717, 1.165) is 18.7 Å². The minimum absolute atomic E-state index is 0.970. The van der Waals surface area contributed by atoms with Crippen LogP contribution in [-0.2, 0) is 13.0 Å². The fourth-order valence-electron chi connectivity index (χ4n) is 3.01. The van der Waals surface area contributed by atoms with Crippen molar-refractivity contribution in [3.05, 3.63) is 65.7 Å². The molecule has 0 spiro atoms. The van der Waals surface area contributed by atoms with Crippen molar-refractivity contribution in [1.82, 2.24) is 9.78 Å². The van der Waals surface area contributed by atoms with Crippen LogP contribution in [0.5, 0.6) is 0 Å². The highest BCUT2D eigenvalue weighted by Crippen LogP contribution is 2.33. The zero-order valence-electron chi connectivity index (χ0n) is 11.5. The summed E-state index contributed by atoms with van der Waals surface area (Å²) in [5.74, 6) is 0. The van der Waals surface area contributed by atoms with E-state index in [4.69, 9.17) is 5.10 Å². The van der Waals surface area contributed by atoms with Crippen LogP contribution < -0.4 is 0 Å². The van der Waals surface area contributed by atoms with Gasteiger partial charge in [-0.15, -0.1) is 0 Å². The predicted molar refractivity (Wildman–Crippen MR) is 81.5 cm³/mol. The highest BCUT2D eigenvalue weighted by atomic mass is 15.3. The fourth-order valence-corrected chi connectivity index (χ4v) is 3.01. The number of hydrogen-bond acceptors (Lipinski definition) is 1. The van der Waals surface area contributed by atoms with Gasteiger partial charge in [-0.25, -0.2) is 0 Å². The highest BCUT2D eigenvalue weighted by molar-refractivity contribution is 5.73. The molecule has 2 heterocycles. The average molecular weight is 260 g/mol. The molecule has 4 rings (SSSR count). The van der Waals surface area contributed by atoms with Gasteiger partial charge in [-0.1, -0.05) is 48.5 Å². The minimum Gasteiger partial charge on any atom is -0.264 e. The van der Waals surface area contributed by atoms with Gasteiger partial charge in [-0.3, -0.25) is 4.68 Å². The Labute approximate surface area is 118 Å². The molecule has 2 heteroatoms. The largest absolute Gasteiger partial charge is 0.264 e. The van der Waals surface area contributed by atoms with Crippen LogP contribution in [0.1, 0.15) is 11.1 Å². The molecule has 2 aromatic carbocycles. The van der Waals surface area contributed by atoms with E-state index in [2.05, 4.69) is 66.2 Å². The van der Waals surface area contributed by atoms with Crippen molar-refractivity contribution >= 4 is 0 Å². The van der Waals surface area contributed by atoms with Crippen molar-refractivity contribution in [3.8, 4) is 22.5 Å². The number of fused-ring (bicyclic) bond motifs is 3.